The monoisotopic (exact) mass is 358 g/mol. The van der Waals surface area contributed by atoms with Gasteiger partial charge in [0.1, 0.15) is 10.7 Å². The first-order valence-electron chi connectivity index (χ1n) is 5.17. The van der Waals surface area contributed by atoms with Gasteiger partial charge in [0.05, 0.1) is 0 Å². The van der Waals surface area contributed by atoms with Gasteiger partial charge in [0.15, 0.2) is 0 Å². The third-order valence-electron chi connectivity index (χ3n) is 2.56. The maximum absolute atomic E-state index is 13.5. The molecule has 1 aliphatic rings. The molecule has 2 rings (SSSR count). The Kier molecular flexibility index (Phi) is 5.54. The molecule has 1 aliphatic heterocycles. The van der Waals surface area contributed by atoms with Crippen LogP contribution in [0.5, 0.6) is 0 Å². The maximum Gasteiger partial charge on any atom is 0.243 e. The molecule has 0 saturated carbocycles. The lowest BCUT2D eigenvalue weighted by Gasteiger charge is -2.12. The second kappa shape index (κ2) is 6.29. The number of rotatable bonds is 3. The van der Waals surface area contributed by atoms with Crippen molar-refractivity contribution in [3.8, 4) is 0 Å². The Labute approximate surface area is 120 Å². The zero-order valence-corrected chi connectivity index (χ0v) is 12.5. The third kappa shape index (κ3) is 3.64. The fourth-order valence-corrected chi connectivity index (χ4v) is 3.61. The Morgan fingerprint density at radius 2 is 2.17 bits per heavy atom. The van der Waals surface area contributed by atoms with Crippen LogP contribution in [0.25, 0.3) is 0 Å². The molecule has 102 valence electrons. The van der Waals surface area contributed by atoms with Crippen molar-refractivity contribution in [2.75, 3.05) is 13.1 Å². The molecule has 18 heavy (non-hydrogen) atoms. The summed E-state index contributed by atoms with van der Waals surface area (Å²) in [7, 11) is -3.79. The lowest BCUT2D eigenvalue weighted by Crippen LogP contribution is -2.36. The molecule has 0 spiro atoms. The minimum absolute atomic E-state index is 0. The molecule has 0 aromatic heterocycles. The Morgan fingerprint density at radius 1 is 1.44 bits per heavy atom. The normalized spacial score (nSPS) is 19.6. The summed E-state index contributed by atoms with van der Waals surface area (Å²) >= 11 is 3.13. The van der Waals surface area contributed by atoms with Crippen molar-refractivity contribution >= 4 is 38.4 Å². The number of benzene rings is 1. The molecule has 4 nitrogen and oxygen atoms in total. The zero-order chi connectivity index (χ0) is 12.5. The van der Waals surface area contributed by atoms with Crippen LogP contribution in [0, 0.1) is 5.82 Å². The Bertz CT molecular complexity index is 521. The molecular formula is C10H13BrClFN2O2S. The minimum Gasteiger partial charge on any atom is -0.315 e. The second-order valence-corrected chi connectivity index (χ2v) is 6.48. The first kappa shape index (κ1) is 15.8. The summed E-state index contributed by atoms with van der Waals surface area (Å²) in [5, 5.41) is 3.04. The van der Waals surface area contributed by atoms with Crippen molar-refractivity contribution in [2.24, 2.45) is 0 Å². The molecule has 0 amide bonds. The molecule has 1 aromatic rings. The van der Waals surface area contributed by atoms with Crippen molar-refractivity contribution < 1.29 is 12.8 Å². The number of hydrogen-bond acceptors (Lipinski definition) is 3. The molecule has 1 atom stereocenters. The molecule has 0 radical (unpaired) electrons. The molecule has 2 N–H and O–H groups in total. The Morgan fingerprint density at radius 3 is 2.78 bits per heavy atom. The van der Waals surface area contributed by atoms with Crippen LogP contribution in [0.2, 0.25) is 0 Å². The van der Waals surface area contributed by atoms with Gasteiger partial charge in [0.2, 0.25) is 10.0 Å². The van der Waals surface area contributed by atoms with E-state index in [1.165, 1.54) is 12.1 Å². The predicted molar refractivity (Wildman–Crippen MR) is 72.9 cm³/mol. The van der Waals surface area contributed by atoms with E-state index >= 15 is 0 Å². The van der Waals surface area contributed by atoms with E-state index in [9.17, 15) is 12.8 Å². The van der Waals surface area contributed by atoms with Crippen LogP contribution in [-0.2, 0) is 10.0 Å². The van der Waals surface area contributed by atoms with Crippen LogP contribution in [0.15, 0.2) is 27.6 Å². The van der Waals surface area contributed by atoms with E-state index in [1.807, 2.05) is 0 Å². The van der Waals surface area contributed by atoms with Gasteiger partial charge in [-0.1, -0.05) is 15.9 Å². The van der Waals surface area contributed by atoms with E-state index in [0.29, 0.717) is 11.0 Å². The van der Waals surface area contributed by atoms with Gasteiger partial charge in [0, 0.05) is 17.1 Å². The van der Waals surface area contributed by atoms with E-state index in [-0.39, 0.29) is 23.3 Å². The van der Waals surface area contributed by atoms with Crippen molar-refractivity contribution in [2.45, 2.75) is 17.4 Å². The van der Waals surface area contributed by atoms with Gasteiger partial charge < -0.3 is 5.32 Å². The summed E-state index contributed by atoms with van der Waals surface area (Å²) in [5.41, 5.74) is 0. The van der Waals surface area contributed by atoms with E-state index in [2.05, 4.69) is 26.0 Å². The van der Waals surface area contributed by atoms with E-state index in [1.54, 1.807) is 0 Å². The number of halogens is 3. The highest BCUT2D eigenvalue weighted by molar-refractivity contribution is 9.10. The van der Waals surface area contributed by atoms with Crippen molar-refractivity contribution in [3.63, 3.8) is 0 Å². The molecular weight excluding hydrogens is 347 g/mol. The summed E-state index contributed by atoms with van der Waals surface area (Å²) in [4.78, 5) is -0.321. The largest absolute Gasteiger partial charge is 0.315 e. The molecule has 0 bridgehead atoms. The van der Waals surface area contributed by atoms with E-state index in [0.717, 1.165) is 19.0 Å². The summed E-state index contributed by atoms with van der Waals surface area (Å²) in [6.07, 6.45) is 0.717. The average molecular weight is 360 g/mol. The molecule has 1 saturated heterocycles. The standard InChI is InChI=1S/C10H12BrFN2O2S.ClH/c11-7-1-2-9(12)10(5-7)17(15,16)14-8-3-4-13-6-8;/h1-2,5,8,13-14H,3-4,6H2;1H. The fourth-order valence-electron chi connectivity index (χ4n) is 1.72. The van der Waals surface area contributed by atoms with Crippen molar-refractivity contribution in [3.05, 3.63) is 28.5 Å². The zero-order valence-electron chi connectivity index (χ0n) is 9.32. The number of sulfonamides is 1. The fraction of sp³-hybridized carbons (Fsp3) is 0.400. The van der Waals surface area contributed by atoms with Gasteiger partial charge in [-0.2, -0.15) is 0 Å². The minimum atomic E-state index is -3.79. The smallest absolute Gasteiger partial charge is 0.243 e. The van der Waals surface area contributed by atoms with Gasteiger partial charge in [-0.25, -0.2) is 17.5 Å². The molecule has 1 aromatic carbocycles. The van der Waals surface area contributed by atoms with E-state index < -0.39 is 15.8 Å². The van der Waals surface area contributed by atoms with Crippen LogP contribution in [-0.4, -0.2) is 27.5 Å². The lowest BCUT2D eigenvalue weighted by molar-refractivity contribution is 0.542. The van der Waals surface area contributed by atoms with Crippen molar-refractivity contribution in [1.29, 1.82) is 0 Å². The molecule has 8 heteroatoms. The van der Waals surface area contributed by atoms with Crippen molar-refractivity contribution in [1.82, 2.24) is 10.0 Å². The van der Waals surface area contributed by atoms with Crippen LogP contribution in [0.3, 0.4) is 0 Å². The molecule has 1 heterocycles. The van der Waals surface area contributed by atoms with Gasteiger partial charge in [0.25, 0.3) is 0 Å². The molecule has 0 aliphatic carbocycles. The highest BCUT2D eigenvalue weighted by Crippen LogP contribution is 2.20. The number of nitrogens with one attached hydrogen (secondary N) is 2. The van der Waals surface area contributed by atoms with Gasteiger partial charge in [-0.15, -0.1) is 12.4 Å². The lowest BCUT2D eigenvalue weighted by atomic mass is 10.3. The van der Waals surface area contributed by atoms with Gasteiger partial charge in [-0.3, -0.25) is 0 Å². The first-order valence-corrected chi connectivity index (χ1v) is 7.45. The second-order valence-electron chi connectivity index (χ2n) is 3.89. The predicted octanol–water partition coefficient (Wildman–Crippen LogP) is 1.65. The van der Waals surface area contributed by atoms with Gasteiger partial charge in [-0.05, 0) is 31.2 Å². The summed E-state index contributed by atoms with van der Waals surface area (Å²) < 4.78 is 40.4. The summed E-state index contributed by atoms with van der Waals surface area (Å²) in [5.74, 6) is -0.744. The Balaban J connectivity index is 0.00000162. The Hall–Kier alpha value is -0.210. The maximum atomic E-state index is 13.5. The highest BCUT2D eigenvalue weighted by Gasteiger charge is 2.25. The highest BCUT2D eigenvalue weighted by atomic mass is 79.9. The quantitative estimate of drug-likeness (QED) is 0.863. The SMILES string of the molecule is Cl.O=S(=O)(NC1CCNC1)c1cc(Br)ccc1F. The average Bonchev–Trinajstić information content (AvgIpc) is 2.73. The molecule has 1 unspecified atom stereocenters. The van der Waals surface area contributed by atoms with Crippen LogP contribution >= 0.6 is 28.3 Å². The molecule has 1 fully saturated rings. The third-order valence-corrected chi connectivity index (χ3v) is 4.59. The van der Waals surface area contributed by atoms with Crippen LogP contribution in [0.1, 0.15) is 6.42 Å². The van der Waals surface area contributed by atoms with Gasteiger partial charge >= 0.3 is 0 Å². The first-order chi connectivity index (χ1) is 7.99. The van der Waals surface area contributed by atoms with Crippen LogP contribution < -0.4 is 10.0 Å². The summed E-state index contributed by atoms with van der Waals surface area (Å²) in [6.45, 7) is 1.35. The topological polar surface area (TPSA) is 58.2 Å². The summed E-state index contributed by atoms with van der Waals surface area (Å²) in [6, 6.07) is 3.69. The number of hydrogen-bond donors (Lipinski definition) is 2. The van der Waals surface area contributed by atoms with E-state index in [4.69, 9.17) is 0 Å². The van der Waals surface area contributed by atoms with Crippen LogP contribution in [0.4, 0.5) is 4.39 Å².